The van der Waals surface area contributed by atoms with Gasteiger partial charge < -0.3 is 4.74 Å². The molecule has 1 N–H and O–H groups in total. The summed E-state index contributed by atoms with van der Waals surface area (Å²) in [6.45, 7) is 0.399. The van der Waals surface area contributed by atoms with Crippen LogP contribution in [0.4, 0.5) is 0 Å². The summed E-state index contributed by atoms with van der Waals surface area (Å²) < 4.78 is 6.65. The van der Waals surface area contributed by atoms with Gasteiger partial charge in [0.1, 0.15) is 12.4 Å². The largest absolute Gasteiger partial charge is 0.489 e. The number of nitrogens with zero attached hydrogens (tertiary/aromatic N) is 1. The summed E-state index contributed by atoms with van der Waals surface area (Å²) in [6.07, 6.45) is 1.58. The molecule has 0 aliphatic carbocycles. The fraction of sp³-hybridized carbons (Fsp3) is 0.0476. The molecule has 0 bridgehead atoms. The highest BCUT2D eigenvalue weighted by Gasteiger charge is 2.03. The van der Waals surface area contributed by atoms with Crippen LogP contribution in [0.25, 0.3) is 0 Å². The Labute approximate surface area is 171 Å². The monoisotopic (exact) mass is 442 g/mol. The molecule has 0 spiro atoms. The molecule has 3 aromatic carbocycles. The summed E-state index contributed by atoms with van der Waals surface area (Å²) in [5, 5.41) is 4.66. The minimum absolute atomic E-state index is 0.265. The van der Waals surface area contributed by atoms with Crippen molar-refractivity contribution in [2.75, 3.05) is 0 Å². The van der Waals surface area contributed by atoms with E-state index in [1.165, 1.54) is 0 Å². The molecule has 0 saturated carbocycles. The minimum Gasteiger partial charge on any atom is -0.489 e. The zero-order valence-electron chi connectivity index (χ0n) is 14.2. The lowest BCUT2D eigenvalue weighted by Gasteiger charge is -2.07. The van der Waals surface area contributed by atoms with Crippen LogP contribution in [0.3, 0.4) is 0 Å². The number of rotatable bonds is 6. The average molecular weight is 444 g/mol. The number of carbonyl (C=O) groups excluding carboxylic acids is 1. The predicted molar refractivity (Wildman–Crippen MR) is 111 cm³/mol. The zero-order valence-corrected chi connectivity index (χ0v) is 16.6. The normalized spacial score (nSPS) is 10.7. The summed E-state index contributed by atoms with van der Waals surface area (Å²) in [7, 11) is 0. The topological polar surface area (TPSA) is 50.7 Å². The highest BCUT2D eigenvalue weighted by Crippen LogP contribution is 2.18. The smallest absolute Gasteiger partial charge is 0.271 e. The lowest BCUT2D eigenvalue weighted by atomic mass is 10.2. The summed E-state index contributed by atoms with van der Waals surface area (Å²) >= 11 is 9.45. The molecule has 3 rings (SSSR count). The van der Waals surface area contributed by atoms with Crippen molar-refractivity contribution in [2.24, 2.45) is 5.10 Å². The van der Waals surface area contributed by atoms with Crippen LogP contribution < -0.4 is 10.2 Å². The molecule has 0 atom stereocenters. The van der Waals surface area contributed by atoms with Gasteiger partial charge in [0.2, 0.25) is 0 Å². The van der Waals surface area contributed by atoms with Crippen LogP contribution in [0.15, 0.2) is 82.4 Å². The molecule has 0 fully saturated rings. The first-order valence-electron chi connectivity index (χ1n) is 8.17. The second kappa shape index (κ2) is 9.35. The summed E-state index contributed by atoms with van der Waals surface area (Å²) in [5.74, 6) is 0.462. The van der Waals surface area contributed by atoms with Crippen LogP contribution in [-0.4, -0.2) is 12.1 Å². The van der Waals surface area contributed by atoms with E-state index in [1.54, 1.807) is 30.5 Å². The zero-order chi connectivity index (χ0) is 19.1. The van der Waals surface area contributed by atoms with E-state index in [9.17, 15) is 4.79 Å². The van der Waals surface area contributed by atoms with E-state index in [4.69, 9.17) is 16.3 Å². The second-order valence-electron chi connectivity index (χ2n) is 5.66. The second-order valence-corrected chi connectivity index (χ2v) is 6.98. The Kier molecular flexibility index (Phi) is 6.63. The molecule has 1 amide bonds. The van der Waals surface area contributed by atoms with Crippen LogP contribution >= 0.6 is 27.5 Å². The molecule has 4 nitrogen and oxygen atoms in total. The van der Waals surface area contributed by atoms with Gasteiger partial charge in [0, 0.05) is 20.6 Å². The lowest BCUT2D eigenvalue weighted by Crippen LogP contribution is -2.17. The quantitative estimate of drug-likeness (QED) is 0.407. The van der Waals surface area contributed by atoms with Gasteiger partial charge in [-0.1, -0.05) is 45.7 Å². The molecule has 6 heteroatoms. The van der Waals surface area contributed by atoms with Gasteiger partial charge in [0.15, 0.2) is 0 Å². The number of hydrogen-bond acceptors (Lipinski definition) is 3. The third kappa shape index (κ3) is 5.67. The van der Waals surface area contributed by atoms with Crippen LogP contribution in [-0.2, 0) is 6.61 Å². The van der Waals surface area contributed by atoms with Crippen molar-refractivity contribution in [1.82, 2.24) is 5.43 Å². The van der Waals surface area contributed by atoms with E-state index in [0.717, 1.165) is 21.3 Å². The number of ether oxygens (including phenoxy) is 1. The van der Waals surface area contributed by atoms with Crippen LogP contribution in [0.5, 0.6) is 5.75 Å². The standard InChI is InChI=1S/C21H16BrClN2O2/c22-18-9-7-16(8-10-18)21(26)25-24-13-15-5-11-19(12-6-15)27-14-17-3-1-2-4-20(17)23/h1-13H,14H2,(H,25,26)/b24-13+. The molecule has 0 aliphatic rings. The molecule has 0 radical (unpaired) electrons. The SMILES string of the molecule is O=C(N/N=C/c1ccc(OCc2ccccc2Cl)cc1)c1ccc(Br)cc1. The minimum atomic E-state index is -0.265. The molecule has 27 heavy (non-hydrogen) atoms. The third-order valence-corrected chi connectivity index (χ3v) is 4.62. The molecule has 0 aromatic heterocycles. The van der Waals surface area contributed by atoms with Gasteiger partial charge in [-0.2, -0.15) is 5.10 Å². The average Bonchev–Trinajstić information content (AvgIpc) is 2.69. The molecule has 3 aromatic rings. The van der Waals surface area contributed by atoms with Gasteiger partial charge in [-0.05, 0) is 60.2 Å². The molecular formula is C21H16BrClN2O2. The number of halogens is 2. The van der Waals surface area contributed by atoms with Gasteiger partial charge >= 0.3 is 0 Å². The molecule has 0 unspecified atom stereocenters. The number of amides is 1. The molecular weight excluding hydrogens is 428 g/mol. The Hall–Kier alpha value is -2.63. The third-order valence-electron chi connectivity index (χ3n) is 3.72. The number of hydrogen-bond donors (Lipinski definition) is 1. The van der Waals surface area contributed by atoms with Crippen molar-refractivity contribution < 1.29 is 9.53 Å². The van der Waals surface area contributed by atoms with Crippen LogP contribution in [0.2, 0.25) is 5.02 Å². The van der Waals surface area contributed by atoms with Gasteiger partial charge in [-0.15, -0.1) is 0 Å². The number of carbonyl (C=O) groups is 1. The highest BCUT2D eigenvalue weighted by molar-refractivity contribution is 9.10. The fourth-order valence-electron chi connectivity index (χ4n) is 2.26. The Morgan fingerprint density at radius 1 is 1.04 bits per heavy atom. The van der Waals surface area contributed by atoms with Crippen LogP contribution in [0, 0.1) is 0 Å². The first-order chi connectivity index (χ1) is 13.1. The first-order valence-corrected chi connectivity index (χ1v) is 9.34. The summed E-state index contributed by atoms with van der Waals surface area (Å²) in [6, 6.07) is 22.0. The fourth-order valence-corrected chi connectivity index (χ4v) is 2.71. The van der Waals surface area contributed by atoms with E-state index < -0.39 is 0 Å². The Bertz CT molecular complexity index is 941. The number of hydrazone groups is 1. The molecule has 0 aliphatic heterocycles. The van der Waals surface area contributed by atoms with E-state index in [-0.39, 0.29) is 5.91 Å². The van der Waals surface area contributed by atoms with Gasteiger partial charge in [0.25, 0.3) is 5.91 Å². The number of nitrogens with one attached hydrogen (secondary N) is 1. The summed E-state index contributed by atoms with van der Waals surface area (Å²) in [4.78, 5) is 12.0. The Morgan fingerprint density at radius 3 is 2.44 bits per heavy atom. The maximum atomic E-state index is 12.0. The number of benzene rings is 3. The Balaban J connectivity index is 1.52. The Morgan fingerprint density at radius 2 is 1.74 bits per heavy atom. The van der Waals surface area contributed by atoms with Crippen molar-refractivity contribution in [2.45, 2.75) is 6.61 Å². The van der Waals surface area contributed by atoms with Crippen molar-refractivity contribution in [3.8, 4) is 5.75 Å². The van der Waals surface area contributed by atoms with Gasteiger partial charge in [0.05, 0.1) is 6.21 Å². The summed E-state index contributed by atoms with van der Waals surface area (Å²) in [5.41, 5.74) is 4.82. The van der Waals surface area contributed by atoms with Crippen molar-refractivity contribution in [3.05, 3.63) is 99.0 Å². The van der Waals surface area contributed by atoms with Crippen molar-refractivity contribution in [3.63, 3.8) is 0 Å². The van der Waals surface area contributed by atoms with E-state index >= 15 is 0 Å². The van der Waals surface area contributed by atoms with E-state index in [0.29, 0.717) is 17.2 Å². The van der Waals surface area contributed by atoms with Gasteiger partial charge in [-0.25, -0.2) is 5.43 Å². The molecule has 0 heterocycles. The van der Waals surface area contributed by atoms with E-state index in [2.05, 4.69) is 26.5 Å². The van der Waals surface area contributed by atoms with Crippen molar-refractivity contribution in [1.29, 1.82) is 0 Å². The predicted octanol–water partition coefficient (Wildman–Crippen LogP) is 5.45. The van der Waals surface area contributed by atoms with Crippen LogP contribution in [0.1, 0.15) is 21.5 Å². The maximum absolute atomic E-state index is 12.0. The lowest BCUT2D eigenvalue weighted by molar-refractivity contribution is 0.0955. The van der Waals surface area contributed by atoms with E-state index in [1.807, 2.05) is 48.5 Å². The van der Waals surface area contributed by atoms with Gasteiger partial charge in [-0.3, -0.25) is 4.79 Å². The molecule has 136 valence electrons. The maximum Gasteiger partial charge on any atom is 0.271 e. The van der Waals surface area contributed by atoms with Crippen molar-refractivity contribution >= 4 is 39.7 Å². The highest BCUT2D eigenvalue weighted by atomic mass is 79.9. The molecule has 0 saturated heterocycles. The first kappa shape index (κ1) is 19.1.